The lowest BCUT2D eigenvalue weighted by atomic mass is 9.76. The third-order valence-corrected chi connectivity index (χ3v) is 3.97. The summed E-state index contributed by atoms with van der Waals surface area (Å²) in [6, 6.07) is 7.95. The minimum Gasteiger partial charge on any atom is -0.496 e. The van der Waals surface area contributed by atoms with Crippen LogP contribution in [0.25, 0.3) is 0 Å². The van der Waals surface area contributed by atoms with Crippen LogP contribution in [-0.2, 0) is 10.2 Å². The Bertz CT molecular complexity index is 460. The number of hydrogen-bond donors (Lipinski definition) is 1. The van der Waals surface area contributed by atoms with E-state index >= 15 is 0 Å². The average molecular weight is 292 g/mol. The van der Waals surface area contributed by atoms with Crippen LogP contribution in [0.15, 0.2) is 24.3 Å². The maximum absolute atomic E-state index is 12.2. The number of nitrogens with zero attached hydrogens (tertiary/aromatic N) is 1. The van der Waals surface area contributed by atoms with Crippen LogP contribution >= 0.6 is 0 Å². The quantitative estimate of drug-likeness (QED) is 0.800. The van der Waals surface area contributed by atoms with E-state index < -0.39 is 0 Å². The molecule has 0 aliphatic rings. The van der Waals surface area contributed by atoms with E-state index in [1.807, 2.05) is 32.3 Å². The molecule has 1 amide bonds. The molecule has 0 aromatic heterocycles. The Morgan fingerprint density at radius 3 is 2.57 bits per heavy atom. The van der Waals surface area contributed by atoms with E-state index in [1.165, 1.54) is 0 Å². The second kappa shape index (κ2) is 8.03. The molecule has 21 heavy (non-hydrogen) atoms. The minimum absolute atomic E-state index is 0.0899. The SMILES string of the molecule is CC[C@](C)(CC(=O)NCCN(C)C)c1ccccc1OC. The van der Waals surface area contributed by atoms with Crippen molar-refractivity contribution in [1.29, 1.82) is 0 Å². The monoisotopic (exact) mass is 292 g/mol. The van der Waals surface area contributed by atoms with Crippen LogP contribution in [-0.4, -0.2) is 45.1 Å². The Balaban J connectivity index is 2.78. The number of methoxy groups -OCH3 is 1. The molecule has 0 saturated carbocycles. The molecule has 1 aromatic carbocycles. The Morgan fingerprint density at radius 2 is 2.00 bits per heavy atom. The van der Waals surface area contributed by atoms with Gasteiger partial charge in [-0.3, -0.25) is 4.79 Å². The summed E-state index contributed by atoms with van der Waals surface area (Å²) in [5.74, 6) is 0.940. The fourth-order valence-electron chi connectivity index (χ4n) is 2.39. The molecule has 4 nitrogen and oxygen atoms in total. The average Bonchev–Trinajstić information content (AvgIpc) is 2.46. The van der Waals surface area contributed by atoms with E-state index in [2.05, 4.69) is 30.1 Å². The van der Waals surface area contributed by atoms with Crippen molar-refractivity contribution in [3.05, 3.63) is 29.8 Å². The van der Waals surface area contributed by atoms with Gasteiger partial charge in [0, 0.05) is 30.5 Å². The summed E-state index contributed by atoms with van der Waals surface area (Å²) in [6.07, 6.45) is 1.35. The van der Waals surface area contributed by atoms with E-state index in [9.17, 15) is 4.79 Å². The van der Waals surface area contributed by atoms with E-state index in [1.54, 1.807) is 7.11 Å². The number of likely N-dealkylation sites (N-methyl/N-ethyl adjacent to an activating group) is 1. The second-order valence-electron chi connectivity index (χ2n) is 5.94. The van der Waals surface area contributed by atoms with Gasteiger partial charge in [0.25, 0.3) is 0 Å². The molecule has 0 aliphatic carbocycles. The fourth-order valence-corrected chi connectivity index (χ4v) is 2.39. The molecule has 1 aromatic rings. The van der Waals surface area contributed by atoms with Crippen molar-refractivity contribution in [2.75, 3.05) is 34.3 Å². The number of hydrogen-bond acceptors (Lipinski definition) is 3. The van der Waals surface area contributed by atoms with Gasteiger partial charge in [0.2, 0.25) is 5.91 Å². The standard InChI is InChI=1S/C17H28N2O2/c1-6-17(2,13-16(20)18-11-12-19(3)4)14-9-7-8-10-15(14)21-5/h7-10H,6,11-13H2,1-5H3,(H,18,20)/t17-/m1/s1. The number of ether oxygens (including phenoxy) is 1. The number of nitrogens with one attached hydrogen (secondary N) is 1. The Hall–Kier alpha value is -1.55. The van der Waals surface area contributed by atoms with Crippen LogP contribution in [0, 0.1) is 0 Å². The zero-order valence-electron chi connectivity index (χ0n) is 13.9. The molecule has 118 valence electrons. The normalized spacial score (nSPS) is 13.8. The third-order valence-electron chi connectivity index (χ3n) is 3.97. The Labute approximate surface area is 128 Å². The summed E-state index contributed by atoms with van der Waals surface area (Å²) in [7, 11) is 5.67. The smallest absolute Gasteiger partial charge is 0.220 e. The predicted octanol–water partition coefficient (Wildman–Crippen LogP) is 2.43. The summed E-state index contributed by atoms with van der Waals surface area (Å²) in [4.78, 5) is 14.3. The Kier molecular flexibility index (Phi) is 6.69. The summed E-state index contributed by atoms with van der Waals surface area (Å²) in [6.45, 7) is 5.76. The highest BCUT2D eigenvalue weighted by Gasteiger charge is 2.30. The van der Waals surface area contributed by atoms with Crippen LogP contribution in [0.3, 0.4) is 0 Å². The van der Waals surface area contributed by atoms with E-state index in [4.69, 9.17) is 4.74 Å². The molecule has 4 heteroatoms. The molecule has 1 rings (SSSR count). The lowest BCUT2D eigenvalue weighted by Crippen LogP contribution is -2.36. The molecule has 0 bridgehead atoms. The third kappa shape index (κ3) is 5.05. The van der Waals surface area contributed by atoms with Gasteiger partial charge < -0.3 is 15.0 Å². The number of amides is 1. The van der Waals surface area contributed by atoms with Gasteiger partial charge in [-0.1, -0.05) is 32.0 Å². The van der Waals surface area contributed by atoms with E-state index in [0.717, 1.165) is 24.3 Å². The van der Waals surface area contributed by atoms with E-state index in [0.29, 0.717) is 13.0 Å². The van der Waals surface area contributed by atoms with Gasteiger partial charge in [-0.2, -0.15) is 0 Å². The summed E-state index contributed by atoms with van der Waals surface area (Å²) >= 11 is 0. The number of rotatable bonds is 8. The summed E-state index contributed by atoms with van der Waals surface area (Å²) in [5, 5.41) is 2.99. The highest BCUT2D eigenvalue weighted by molar-refractivity contribution is 5.77. The van der Waals surface area contributed by atoms with Crippen molar-refractivity contribution in [1.82, 2.24) is 10.2 Å². The fraction of sp³-hybridized carbons (Fsp3) is 0.588. The van der Waals surface area contributed by atoms with Crippen LogP contribution in [0.1, 0.15) is 32.3 Å². The molecule has 0 radical (unpaired) electrons. The maximum Gasteiger partial charge on any atom is 0.220 e. The van der Waals surface area contributed by atoms with Gasteiger partial charge in [-0.05, 0) is 26.6 Å². The molecular weight excluding hydrogens is 264 g/mol. The highest BCUT2D eigenvalue weighted by atomic mass is 16.5. The van der Waals surface area contributed by atoms with Crippen molar-refractivity contribution >= 4 is 5.91 Å². The topological polar surface area (TPSA) is 41.6 Å². The molecular formula is C17H28N2O2. The molecule has 0 spiro atoms. The zero-order valence-corrected chi connectivity index (χ0v) is 13.9. The number of para-hydroxylation sites is 1. The minimum atomic E-state index is -0.213. The van der Waals surface area contributed by atoms with Gasteiger partial charge in [0.1, 0.15) is 5.75 Å². The molecule has 0 heterocycles. The van der Waals surface area contributed by atoms with Gasteiger partial charge >= 0.3 is 0 Å². The molecule has 0 unspecified atom stereocenters. The van der Waals surface area contributed by atoms with Crippen molar-refractivity contribution in [3.63, 3.8) is 0 Å². The zero-order chi connectivity index (χ0) is 15.9. The largest absolute Gasteiger partial charge is 0.496 e. The lowest BCUT2D eigenvalue weighted by Gasteiger charge is -2.30. The second-order valence-corrected chi connectivity index (χ2v) is 5.94. The van der Waals surface area contributed by atoms with Crippen molar-refractivity contribution in [3.8, 4) is 5.75 Å². The first-order valence-corrected chi connectivity index (χ1v) is 7.48. The summed E-state index contributed by atoms with van der Waals surface area (Å²) in [5.41, 5.74) is 0.882. The molecule has 0 aliphatic heterocycles. The van der Waals surface area contributed by atoms with Gasteiger partial charge in [-0.15, -0.1) is 0 Å². The lowest BCUT2D eigenvalue weighted by molar-refractivity contribution is -0.122. The number of carbonyl (C=O) groups is 1. The first-order valence-electron chi connectivity index (χ1n) is 7.48. The molecule has 1 atom stereocenters. The van der Waals surface area contributed by atoms with Crippen molar-refractivity contribution in [2.24, 2.45) is 0 Å². The van der Waals surface area contributed by atoms with Crippen molar-refractivity contribution < 1.29 is 9.53 Å². The van der Waals surface area contributed by atoms with Gasteiger partial charge in [-0.25, -0.2) is 0 Å². The van der Waals surface area contributed by atoms with Gasteiger partial charge in [0.05, 0.1) is 7.11 Å². The molecule has 0 saturated heterocycles. The maximum atomic E-state index is 12.2. The van der Waals surface area contributed by atoms with Crippen LogP contribution in [0.2, 0.25) is 0 Å². The Morgan fingerprint density at radius 1 is 1.33 bits per heavy atom. The number of carbonyl (C=O) groups excluding carboxylic acids is 1. The first-order chi connectivity index (χ1) is 9.92. The van der Waals surface area contributed by atoms with Crippen LogP contribution in [0.4, 0.5) is 0 Å². The molecule has 1 N–H and O–H groups in total. The summed E-state index contributed by atoms with van der Waals surface area (Å²) < 4.78 is 5.45. The first kappa shape index (κ1) is 17.5. The molecule has 0 fully saturated rings. The number of benzene rings is 1. The van der Waals surface area contributed by atoms with Crippen LogP contribution in [0.5, 0.6) is 5.75 Å². The predicted molar refractivity (Wildman–Crippen MR) is 86.8 cm³/mol. The van der Waals surface area contributed by atoms with Crippen molar-refractivity contribution in [2.45, 2.75) is 32.1 Å². The van der Waals surface area contributed by atoms with Crippen LogP contribution < -0.4 is 10.1 Å². The van der Waals surface area contributed by atoms with E-state index in [-0.39, 0.29) is 11.3 Å². The highest BCUT2D eigenvalue weighted by Crippen LogP contribution is 2.37. The van der Waals surface area contributed by atoms with Gasteiger partial charge in [0.15, 0.2) is 0 Å².